The number of benzene rings is 1. The van der Waals surface area contributed by atoms with Gasteiger partial charge in [0.05, 0.1) is 6.26 Å². The lowest BCUT2D eigenvalue weighted by Gasteiger charge is -2.16. The van der Waals surface area contributed by atoms with E-state index < -0.39 is 17.7 Å². The fourth-order valence-electron chi connectivity index (χ4n) is 2.02. The molecule has 0 saturated carbocycles. The first kappa shape index (κ1) is 14.7. The van der Waals surface area contributed by atoms with Crippen molar-refractivity contribution in [3.8, 4) is 0 Å². The fraction of sp³-hybridized carbons (Fsp3) is 0.333. The Bertz CT molecular complexity index is 523. The van der Waals surface area contributed by atoms with Gasteiger partial charge in [0, 0.05) is 18.7 Å². The summed E-state index contributed by atoms with van der Waals surface area (Å²) in [5.74, 6) is -0.675. The van der Waals surface area contributed by atoms with Crippen LogP contribution < -0.4 is 5.32 Å². The first-order valence-corrected chi connectivity index (χ1v) is 6.44. The molecule has 1 heterocycles. The molecule has 0 amide bonds. The summed E-state index contributed by atoms with van der Waals surface area (Å²) in [5.41, 5.74) is 0.529. The van der Waals surface area contributed by atoms with E-state index in [1.165, 1.54) is 18.4 Å². The highest BCUT2D eigenvalue weighted by Crippen LogP contribution is 2.18. The van der Waals surface area contributed by atoms with Gasteiger partial charge in [0.2, 0.25) is 0 Å². The standard InChI is InChI=1S/C15H17F2NO2/c1-10(5-14(19)15-3-2-4-20-15)18-9-11-6-12(16)8-13(17)7-11/h2-4,6-8,10,14,18-19H,5,9H2,1H3. The van der Waals surface area contributed by atoms with Gasteiger partial charge < -0.3 is 14.8 Å². The number of nitrogens with one attached hydrogen (secondary N) is 1. The van der Waals surface area contributed by atoms with Crippen molar-refractivity contribution in [2.24, 2.45) is 0 Å². The zero-order valence-corrected chi connectivity index (χ0v) is 11.1. The second kappa shape index (κ2) is 6.63. The minimum absolute atomic E-state index is 0.0265. The van der Waals surface area contributed by atoms with Crippen molar-refractivity contribution in [2.75, 3.05) is 0 Å². The van der Waals surface area contributed by atoms with Crippen LogP contribution in [-0.2, 0) is 6.54 Å². The highest BCUT2D eigenvalue weighted by molar-refractivity contribution is 5.17. The van der Waals surface area contributed by atoms with Gasteiger partial charge in [-0.1, -0.05) is 0 Å². The lowest BCUT2D eigenvalue weighted by Crippen LogP contribution is -2.27. The van der Waals surface area contributed by atoms with Crippen LogP contribution in [0.1, 0.15) is 30.8 Å². The molecule has 0 radical (unpaired) electrons. The van der Waals surface area contributed by atoms with Gasteiger partial charge in [-0.2, -0.15) is 0 Å². The van der Waals surface area contributed by atoms with Crippen LogP contribution in [0.25, 0.3) is 0 Å². The minimum Gasteiger partial charge on any atom is -0.467 e. The molecule has 20 heavy (non-hydrogen) atoms. The van der Waals surface area contributed by atoms with Crippen LogP contribution in [0.2, 0.25) is 0 Å². The van der Waals surface area contributed by atoms with E-state index in [0.717, 1.165) is 6.07 Å². The van der Waals surface area contributed by atoms with E-state index in [0.29, 0.717) is 24.3 Å². The quantitative estimate of drug-likeness (QED) is 0.855. The Labute approximate surface area is 116 Å². The molecule has 0 aliphatic carbocycles. The van der Waals surface area contributed by atoms with Crippen molar-refractivity contribution in [3.05, 3.63) is 59.6 Å². The molecule has 2 aromatic rings. The summed E-state index contributed by atoms with van der Waals surface area (Å²) in [6.07, 6.45) is 1.26. The van der Waals surface area contributed by atoms with Gasteiger partial charge in [0.25, 0.3) is 0 Å². The number of aliphatic hydroxyl groups is 1. The molecule has 2 rings (SSSR count). The molecule has 1 aromatic heterocycles. The van der Waals surface area contributed by atoms with E-state index >= 15 is 0 Å². The lowest BCUT2D eigenvalue weighted by molar-refractivity contribution is 0.128. The molecule has 0 fully saturated rings. The Morgan fingerprint density at radius 3 is 2.55 bits per heavy atom. The zero-order chi connectivity index (χ0) is 14.5. The van der Waals surface area contributed by atoms with Gasteiger partial charge in [0.15, 0.2) is 0 Å². The Kier molecular flexibility index (Phi) is 4.87. The zero-order valence-electron chi connectivity index (χ0n) is 11.1. The van der Waals surface area contributed by atoms with Crippen molar-refractivity contribution >= 4 is 0 Å². The first-order valence-electron chi connectivity index (χ1n) is 6.44. The normalized spacial score (nSPS) is 14.2. The van der Waals surface area contributed by atoms with Gasteiger partial charge in [0.1, 0.15) is 23.5 Å². The second-order valence-corrected chi connectivity index (χ2v) is 4.83. The Morgan fingerprint density at radius 2 is 1.95 bits per heavy atom. The van der Waals surface area contributed by atoms with Crippen LogP contribution >= 0.6 is 0 Å². The topological polar surface area (TPSA) is 45.4 Å². The predicted octanol–water partition coefficient (Wildman–Crippen LogP) is 3.16. The van der Waals surface area contributed by atoms with Crippen LogP contribution in [0.3, 0.4) is 0 Å². The Hall–Kier alpha value is -1.72. The molecule has 0 aliphatic rings. The monoisotopic (exact) mass is 281 g/mol. The molecule has 2 N–H and O–H groups in total. The van der Waals surface area contributed by atoms with E-state index in [4.69, 9.17) is 4.42 Å². The third-order valence-corrected chi connectivity index (χ3v) is 3.03. The summed E-state index contributed by atoms with van der Waals surface area (Å²) < 4.78 is 31.2. The van der Waals surface area contributed by atoms with Gasteiger partial charge in [-0.3, -0.25) is 0 Å². The van der Waals surface area contributed by atoms with Crippen LogP contribution in [0, 0.1) is 11.6 Å². The number of hydrogen-bond donors (Lipinski definition) is 2. The summed E-state index contributed by atoms with van der Waals surface area (Å²) in [5, 5.41) is 13.0. The molecule has 2 unspecified atom stereocenters. The summed E-state index contributed by atoms with van der Waals surface area (Å²) in [6, 6.07) is 6.80. The molecule has 5 heteroatoms. The Morgan fingerprint density at radius 1 is 1.25 bits per heavy atom. The van der Waals surface area contributed by atoms with Crippen LogP contribution in [0.15, 0.2) is 41.0 Å². The number of rotatable bonds is 6. The average molecular weight is 281 g/mol. The first-order chi connectivity index (χ1) is 9.54. The van der Waals surface area contributed by atoms with E-state index in [9.17, 15) is 13.9 Å². The minimum atomic E-state index is -0.697. The highest BCUT2D eigenvalue weighted by Gasteiger charge is 2.14. The number of halogens is 2. The molecule has 3 nitrogen and oxygen atoms in total. The van der Waals surface area contributed by atoms with Gasteiger partial charge in [-0.15, -0.1) is 0 Å². The summed E-state index contributed by atoms with van der Waals surface area (Å²) in [6.45, 7) is 2.22. The molecule has 0 spiro atoms. The molecule has 1 aromatic carbocycles. The van der Waals surface area contributed by atoms with E-state index in [2.05, 4.69) is 5.32 Å². The van der Waals surface area contributed by atoms with Crippen LogP contribution in [-0.4, -0.2) is 11.1 Å². The molecule has 0 aliphatic heterocycles. The largest absolute Gasteiger partial charge is 0.467 e. The number of aliphatic hydroxyl groups excluding tert-OH is 1. The van der Waals surface area contributed by atoms with Crippen molar-refractivity contribution in [1.29, 1.82) is 0 Å². The van der Waals surface area contributed by atoms with E-state index in [-0.39, 0.29) is 6.04 Å². The van der Waals surface area contributed by atoms with Crippen LogP contribution in [0.5, 0.6) is 0 Å². The maximum absolute atomic E-state index is 13.0. The second-order valence-electron chi connectivity index (χ2n) is 4.83. The molecular weight excluding hydrogens is 264 g/mol. The average Bonchev–Trinajstić information content (AvgIpc) is 2.89. The molecule has 108 valence electrons. The lowest BCUT2D eigenvalue weighted by atomic mass is 10.1. The maximum atomic E-state index is 13.0. The Balaban J connectivity index is 1.84. The fourth-order valence-corrected chi connectivity index (χ4v) is 2.02. The highest BCUT2D eigenvalue weighted by atomic mass is 19.1. The van der Waals surface area contributed by atoms with E-state index in [1.54, 1.807) is 12.1 Å². The van der Waals surface area contributed by atoms with Crippen molar-refractivity contribution in [2.45, 2.75) is 32.0 Å². The smallest absolute Gasteiger partial charge is 0.132 e. The number of furan rings is 1. The summed E-state index contributed by atoms with van der Waals surface area (Å²) >= 11 is 0. The third kappa shape index (κ3) is 4.15. The molecule has 2 atom stereocenters. The van der Waals surface area contributed by atoms with Gasteiger partial charge in [-0.25, -0.2) is 8.78 Å². The predicted molar refractivity (Wildman–Crippen MR) is 70.9 cm³/mol. The van der Waals surface area contributed by atoms with Crippen molar-refractivity contribution < 1.29 is 18.3 Å². The number of hydrogen-bond acceptors (Lipinski definition) is 3. The van der Waals surface area contributed by atoms with Crippen molar-refractivity contribution in [3.63, 3.8) is 0 Å². The summed E-state index contributed by atoms with van der Waals surface area (Å²) in [7, 11) is 0. The molecule has 0 saturated heterocycles. The molecular formula is C15H17F2NO2. The SMILES string of the molecule is CC(CC(O)c1ccco1)NCc1cc(F)cc(F)c1. The maximum Gasteiger partial charge on any atom is 0.132 e. The van der Waals surface area contributed by atoms with Crippen LogP contribution in [0.4, 0.5) is 8.78 Å². The molecule has 0 bridgehead atoms. The van der Waals surface area contributed by atoms with E-state index in [1.807, 2.05) is 6.92 Å². The third-order valence-electron chi connectivity index (χ3n) is 3.03. The summed E-state index contributed by atoms with van der Waals surface area (Å²) in [4.78, 5) is 0. The van der Waals surface area contributed by atoms with Crippen molar-refractivity contribution in [1.82, 2.24) is 5.32 Å². The van der Waals surface area contributed by atoms with Gasteiger partial charge in [-0.05, 0) is 43.2 Å². The van der Waals surface area contributed by atoms with Gasteiger partial charge >= 0.3 is 0 Å².